The van der Waals surface area contributed by atoms with E-state index >= 15 is 0 Å². The minimum atomic E-state index is 0.188. The lowest BCUT2D eigenvalue weighted by molar-refractivity contribution is 0.398. The Labute approximate surface area is 110 Å². The molecule has 1 N–H and O–H groups in total. The fourth-order valence-electron chi connectivity index (χ4n) is 3.67. The van der Waals surface area contributed by atoms with Crippen LogP contribution in [0.4, 0.5) is 0 Å². The van der Waals surface area contributed by atoms with Crippen molar-refractivity contribution in [1.29, 1.82) is 0 Å². The standard InChI is InChI=1S/C16H23NO/c1-16(10-5-11-17-16)14-8-9-15(18-2)13-7-4-3-6-12(13)14/h8-9,17H,3-7,10-11H2,1-2H3. The first-order valence-corrected chi connectivity index (χ1v) is 7.19. The molecule has 1 atom stereocenters. The summed E-state index contributed by atoms with van der Waals surface area (Å²) in [5.74, 6) is 1.09. The van der Waals surface area contributed by atoms with Crippen LogP contribution in [0.1, 0.15) is 49.3 Å². The highest BCUT2D eigenvalue weighted by Crippen LogP contribution is 2.39. The molecule has 1 saturated heterocycles. The largest absolute Gasteiger partial charge is 0.496 e. The third kappa shape index (κ3) is 1.83. The van der Waals surface area contributed by atoms with Gasteiger partial charge in [-0.2, -0.15) is 0 Å². The van der Waals surface area contributed by atoms with E-state index in [1.54, 1.807) is 12.7 Å². The molecule has 98 valence electrons. The number of methoxy groups -OCH3 is 1. The maximum atomic E-state index is 5.54. The minimum Gasteiger partial charge on any atom is -0.496 e. The van der Waals surface area contributed by atoms with Gasteiger partial charge in [0.25, 0.3) is 0 Å². The van der Waals surface area contributed by atoms with Crippen LogP contribution in [0.15, 0.2) is 12.1 Å². The Kier molecular flexibility index (Phi) is 3.06. The Morgan fingerprint density at radius 1 is 1.11 bits per heavy atom. The van der Waals surface area contributed by atoms with Gasteiger partial charge in [0.05, 0.1) is 7.11 Å². The molecule has 1 fully saturated rings. The van der Waals surface area contributed by atoms with Crippen LogP contribution in [-0.2, 0) is 18.4 Å². The topological polar surface area (TPSA) is 21.3 Å². The first kappa shape index (κ1) is 12.0. The molecule has 2 heteroatoms. The van der Waals surface area contributed by atoms with Gasteiger partial charge in [-0.05, 0) is 74.8 Å². The molecule has 1 heterocycles. The fraction of sp³-hybridized carbons (Fsp3) is 0.625. The average molecular weight is 245 g/mol. The van der Waals surface area contributed by atoms with Gasteiger partial charge in [-0.3, -0.25) is 0 Å². The second kappa shape index (κ2) is 4.58. The molecule has 1 aliphatic carbocycles. The molecular weight excluding hydrogens is 222 g/mol. The molecule has 18 heavy (non-hydrogen) atoms. The van der Waals surface area contributed by atoms with E-state index in [1.165, 1.54) is 49.7 Å². The summed E-state index contributed by atoms with van der Waals surface area (Å²) in [7, 11) is 1.79. The molecule has 1 unspecified atom stereocenters. The van der Waals surface area contributed by atoms with Gasteiger partial charge in [-0.15, -0.1) is 0 Å². The summed E-state index contributed by atoms with van der Waals surface area (Å²) in [6.45, 7) is 3.51. The normalized spacial score (nSPS) is 27.0. The van der Waals surface area contributed by atoms with Crippen molar-refractivity contribution >= 4 is 0 Å². The first-order chi connectivity index (χ1) is 8.74. The van der Waals surface area contributed by atoms with Crippen molar-refractivity contribution < 1.29 is 4.74 Å². The van der Waals surface area contributed by atoms with Crippen LogP contribution in [0, 0.1) is 0 Å². The molecule has 0 amide bonds. The van der Waals surface area contributed by atoms with E-state index in [9.17, 15) is 0 Å². The molecule has 0 saturated carbocycles. The quantitative estimate of drug-likeness (QED) is 0.864. The molecule has 1 aliphatic heterocycles. The van der Waals surface area contributed by atoms with Crippen LogP contribution in [0.2, 0.25) is 0 Å². The molecule has 0 bridgehead atoms. The summed E-state index contributed by atoms with van der Waals surface area (Å²) >= 11 is 0. The van der Waals surface area contributed by atoms with Crippen molar-refractivity contribution in [2.45, 2.75) is 51.0 Å². The number of nitrogens with one attached hydrogen (secondary N) is 1. The second-order valence-electron chi connectivity index (χ2n) is 5.84. The summed E-state index contributed by atoms with van der Waals surface area (Å²) in [5, 5.41) is 3.70. The Balaban J connectivity index is 2.10. The Hall–Kier alpha value is -1.02. The fourth-order valence-corrected chi connectivity index (χ4v) is 3.67. The summed E-state index contributed by atoms with van der Waals surface area (Å²) in [6, 6.07) is 4.46. The van der Waals surface area contributed by atoms with Crippen molar-refractivity contribution in [2.75, 3.05) is 13.7 Å². The van der Waals surface area contributed by atoms with Gasteiger partial charge in [0.1, 0.15) is 5.75 Å². The Morgan fingerprint density at radius 2 is 1.89 bits per heavy atom. The molecule has 1 aromatic carbocycles. The highest BCUT2D eigenvalue weighted by atomic mass is 16.5. The smallest absolute Gasteiger partial charge is 0.122 e. The van der Waals surface area contributed by atoms with Crippen LogP contribution < -0.4 is 10.1 Å². The van der Waals surface area contributed by atoms with Gasteiger partial charge in [0.15, 0.2) is 0 Å². The van der Waals surface area contributed by atoms with E-state index in [2.05, 4.69) is 24.4 Å². The highest BCUT2D eigenvalue weighted by molar-refractivity contribution is 5.49. The molecule has 2 aliphatic rings. The SMILES string of the molecule is COc1ccc(C2(C)CCCN2)c2c1CCCC2. The molecular formula is C16H23NO. The van der Waals surface area contributed by atoms with E-state index < -0.39 is 0 Å². The van der Waals surface area contributed by atoms with Crippen LogP contribution >= 0.6 is 0 Å². The molecule has 0 radical (unpaired) electrons. The third-order valence-electron chi connectivity index (χ3n) is 4.67. The van der Waals surface area contributed by atoms with Crippen molar-refractivity contribution in [3.63, 3.8) is 0 Å². The number of hydrogen-bond acceptors (Lipinski definition) is 2. The van der Waals surface area contributed by atoms with Crippen LogP contribution in [0.5, 0.6) is 5.75 Å². The number of benzene rings is 1. The van der Waals surface area contributed by atoms with Crippen molar-refractivity contribution in [1.82, 2.24) is 5.32 Å². The zero-order valence-corrected chi connectivity index (χ0v) is 11.5. The number of ether oxygens (including phenoxy) is 1. The lowest BCUT2D eigenvalue weighted by Crippen LogP contribution is -2.35. The summed E-state index contributed by atoms with van der Waals surface area (Å²) in [6.07, 6.45) is 7.57. The van der Waals surface area contributed by atoms with E-state index in [4.69, 9.17) is 4.74 Å². The van der Waals surface area contributed by atoms with Gasteiger partial charge < -0.3 is 10.1 Å². The van der Waals surface area contributed by atoms with Crippen molar-refractivity contribution in [2.24, 2.45) is 0 Å². The monoisotopic (exact) mass is 245 g/mol. The maximum absolute atomic E-state index is 5.54. The van der Waals surface area contributed by atoms with Crippen LogP contribution in [-0.4, -0.2) is 13.7 Å². The van der Waals surface area contributed by atoms with Crippen LogP contribution in [0.25, 0.3) is 0 Å². The summed E-state index contributed by atoms with van der Waals surface area (Å²) in [4.78, 5) is 0. The average Bonchev–Trinajstić information content (AvgIpc) is 2.85. The number of rotatable bonds is 2. The third-order valence-corrected chi connectivity index (χ3v) is 4.67. The lowest BCUT2D eigenvalue weighted by Gasteiger charge is -2.31. The van der Waals surface area contributed by atoms with E-state index in [0.717, 1.165) is 12.3 Å². The molecule has 1 aromatic rings. The highest BCUT2D eigenvalue weighted by Gasteiger charge is 2.33. The molecule has 3 rings (SSSR count). The number of fused-ring (bicyclic) bond motifs is 1. The molecule has 2 nitrogen and oxygen atoms in total. The Morgan fingerprint density at radius 3 is 2.56 bits per heavy atom. The van der Waals surface area contributed by atoms with Gasteiger partial charge >= 0.3 is 0 Å². The van der Waals surface area contributed by atoms with E-state index in [0.29, 0.717) is 0 Å². The second-order valence-corrected chi connectivity index (χ2v) is 5.84. The molecule has 0 spiro atoms. The van der Waals surface area contributed by atoms with E-state index in [-0.39, 0.29) is 5.54 Å². The predicted molar refractivity (Wildman–Crippen MR) is 74.2 cm³/mol. The van der Waals surface area contributed by atoms with Gasteiger partial charge in [0.2, 0.25) is 0 Å². The van der Waals surface area contributed by atoms with Crippen molar-refractivity contribution in [3.05, 3.63) is 28.8 Å². The molecule has 0 aromatic heterocycles. The maximum Gasteiger partial charge on any atom is 0.122 e. The zero-order chi connectivity index (χ0) is 12.6. The van der Waals surface area contributed by atoms with Crippen molar-refractivity contribution in [3.8, 4) is 5.75 Å². The van der Waals surface area contributed by atoms with Gasteiger partial charge in [0, 0.05) is 5.54 Å². The van der Waals surface area contributed by atoms with Crippen LogP contribution in [0.3, 0.4) is 0 Å². The minimum absolute atomic E-state index is 0.188. The zero-order valence-electron chi connectivity index (χ0n) is 11.5. The Bertz CT molecular complexity index is 447. The van der Waals surface area contributed by atoms with Gasteiger partial charge in [-0.1, -0.05) is 6.07 Å². The van der Waals surface area contributed by atoms with Gasteiger partial charge in [-0.25, -0.2) is 0 Å². The number of hydrogen-bond donors (Lipinski definition) is 1. The lowest BCUT2D eigenvalue weighted by atomic mass is 9.79. The summed E-state index contributed by atoms with van der Waals surface area (Å²) in [5.41, 5.74) is 4.75. The first-order valence-electron chi connectivity index (χ1n) is 7.19. The summed E-state index contributed by atoms with van der Waals surface area (Å²) < 4.78 is 5.54. The van der Waals surface area contributed by atoms with E-state index in [1.807, 2.05) is 0 Å². The predicted octanol–water partition coefficient (Wildman–Crippen LogP) is 3.17.